The van der Waals surface area contributed by atoms with Gasteiger partial charge in [-0.25, -0.2) is 0 Å². The summed E-state index contributed by atoms with van der Waals surface area (Å²) < 4.78 is 0. The molecular formula is C12H14N4. The van der Waals surface area contributed by atoms with Crippen molar-refractivity contribution < 1.29 is 0 Å². The van der Waals surface area contributed by atoms with Crippen molar-refractivity contribution in [2.24, 2.45) is 0 Å². The Hall–Kier alpha value is -1.81. The fourth-order valence-electron chi connectivity index (χ4n) is 2.03. The number of rotatable bonds is 1. The molecule has 2 N–H and O–H groups in total. The Morgan fingerprint density at radius 2 is 2.44 bits per heavy atom. The molecule has 1 saturated heterocycles. The van der Waals surface area contributed by atoms with Gasteiger partial charge in [0.2, 0.25) is 0 Å². The molecule has 1 fully saturated rings. The number of fused-ring (bicyclic) bond motifs is 1. The van der Waals surface area contributed by atoms with Gasteiger partial charge in [0.25, 0.3) is 0 Å². The minimum Gasteiger partial charge on any atom is -0.375 e. The maximum Gasteiger partial charge on any atom is 0.0676 e. The summed E-state index contributed by atoms with van der Waals surface area (Å²) in [5.74, 6) is 0. The second-order valence-electron chi connectivity index (χ2n) is 4.18. The largest absolute Gasteiger partial charge is 0.375 e. The lowest BCUT2D eigenvalue weighted by Gasteiger charge is -1.99. The SMILES string of the molecule is CN1CN/C(=C\c2c[nH]c3ccncc23)C1. The molecule has 3 rings (SSSR count). The van der Waals surface area contributed by atoms with Crippen molar-refractivity contribution in [3.05, 3.63) is 35.9 Å². The Balaban J connectivity index is 2.01. The molecule has 0 amide bonds. The molecule has 4 nitrogen and oxygen atoms in total. The third-order valence-corrected chi connectivity index (χ3v) is 2.86. The van der Waals surface area contributed by atoms with Crippen molar-refractivity contribution in [3.8, 4) is 0 Å². The van der Waals surface area contributed by atoms with Crippen molar-refractivity contribution in [3.63, 3.8) is 0 Å². The summed E-state index contributed by atoms with van der Waals surface area (Å²) in [6.07, 6.45) is 7.91. The van der Waals surface area contributed by atoms with Crippen molar-refractivity contribution >= 4 is 17.0 Å². The first-order valence-corrected chi connectivity index (χ1v) is 5.37. The average Bonchev–Trinajstić information content (AvgIpc) is 2.87. The highest BCUT2D eigenvalue weighted by atomic mass is 15.3. The Morgan fingerprint density at radius 3 is 3.25 bits per heavy atom. The third kappa shape index (κ3) is 1.57. The number of aromatic nitrogens is 2. The highest BCUT2D eigenvalue weighted by molar-refractivity contribution is 5.88. The first kappa shape index (κ1) is 9.42. The maximum atomic E-state index is 4.16. The molecule has 0 radical (unpaired) electrons. The monoisotopic (exact) mass is 214 g/mol. The number of nitrogens with zero attached hydrogens (tertiary/aromatic N) is 2. The minimum absolute atomic E-state index is 0.923. The van der Waals surface area contributed by atoms with Crippen LogP contribution in [0.5, 0.6) is 0 Å². The van der Waals surface area contributed by atoms with Gasteiger partial charge in [-0.3, -0.25) is 9.88 Å². The molecule has 0 atom stereocenters. The van der Waals surface area contributed by atoms with Crippen molar-refractivity contribution in [2.45, 2.75) is 0 Å². The van der Waals surface area contributed by atoms with Gasteiger partial charge in [-0.05, 0) is 19.2 Å². The van der Waals surface area contributed by atoms with Crippen LogP contribution in [0.3, 0.4) is 0 Å². The lowest BCUT2D eigenvalue weighted by molar-refractivity contribution is 0.414. The lowest BCUT2D eigenvalue weighted by atomic mass is 10.2. The first-order valence-electron chi connectivity index (χ1n) is 5.37. The molecule has 0 aliphatic carbocycles. The predicted octanol–water partition coefficient (Wildman–Crippen LogP) is 1.40. The van der Waals surface area contributed by atoms with E-state index >= 15 is 0 Å². The van der Waals surface area contributed by atoms with E-state index in [0.29, 0.717) is 0 Å². The fraction of sp³-hybridized carbons (Fsp3) is 0.250. The molecule has 1 aliphatic rings. The van der Waals surface area contributed by atoms with Gasteiger partial charge in [-0.15, -0.1) is 0 Å². The quantitative estimate of drug-likeness (QED) is 0.754. The Labute approximate surface area is 94.0 Å². The van der Waals surface area contributed by atoms with Crippen LogP contribution in [0.4, 0.5) is 0 Å². The van der Waals surface area contributed by atoms with Crippen LogP contribution in [-0.4, -0.2) is 35.1 Å². The zero-order valence-corrected chi connectivity index (χ0v) is 9.20. The fourth-order valence-corrected chi connectivity index (χ4v) is 2.03. The Bertz CT molecular complexity index is 541. The number of likely N-dealkylation sites (N-methyl/N-ethyl adjacent to an activating group) is 1. The smallest absolute Gasteiger partial charge is 0.0676 e. The highest BCUT2D eigenvalue weighted by Crippen LogP contribution is 2.19. The van der Waals surface area contributed by atoms with Crippen molar-refractivity contribution in [1.29, 1.82) is 0 Å². The van der Waals surface area contributed by atoms with Crippen LogP contribution in [-0.2, 0) is 0 Å². The zero-order chi connectivity index (χ0) is 11.0. The van der Waals surface area contributed by atoms with E-state index in [4.69, 9.17) is 0 Å². The number of aromatic amines is 1. The van der Waals surface area contributed by atoms with E-state index < -0.39 is 0 Å². The summed E-state index contributed by atoms with van der Waals surface area (Å²) >= 11 is 0. The highest BCUT2D eigenvalue weighted by Gasteiger charge is 2.11. The van der Waals surface area contributed by atoms with Crippen molar-refractivity contribution in [1.82, 2.24) is 20.2 Å². The second kappa shape index (κ2) is 3.64. The molecule has 0 aromatic carbocycles. The molecule has 16 heavy (non-hydrogen) atoms. The number of nitrogens with one attached hydrogen (secondary N) is 2. The molecule has 2 aromatic rings. The lowest BCUT2D eigenvalue weighted by Crippen LogP contribution is -2.15. The van der Waals surface area contributed by atoms with E-state index in [0.717, 1.165) is 18.7 Å². The number of hydrogen-bond donors (Lipinski definition) is 2. The topological polar surface area (TPSA) is 44.0 Å². The van der Waals surface area contributed by atoms with Crippen LogP contribution in [0.25, 0.3) is 17.0 Å². The van der Waals surface area contributed by atoms with Gasteiger partial charge in [0.1, 0.15) is 0 Å². The number of pyridine rings is 1. The standard InChI is InChI=1S/C12H14N4/c1-16-7-10(15-8-16)4-9-5-14-12-2-3-13-6-11(9)12/h2-6,14-15H,7-8H2,1H3/b10-4-. The summed E-state index contributed by atoms with van der Waals surface area (Å²) in [5.41, 5.74) is 3.58. The summed E-state index contributed by atoms with van der Waals surface area (Å²) in [6, 6.07) is 1.99. The van der Waals surface area contributed by atoms with Crippen LogP contribution in [0, 0.1) is 0 Å². The zero-order valence-electron chi connectivity index (χ0n) is 9.20. The second-order valence-corrected chi connectivity index (χ2v) is 4.18. The molecular weight excluding hydrogens is 200 g/mol. The van der Waals surface area contributed by atoms with E-state index in [2.05, 4.69) is 33.3 Å². The van der Waals surface area contributed by atoms with E-state index in [1.807, 2.05) is 18.5 Å². The van der Waals surface area contributed by atoms with E-state index in [-0.39, 0.29) is 0 Å². The summed E-state index contributed by atoms with van der Waals surface area (Å²) in [6.45, 7) is 1.90. The van der Waals surface area contributed by atoms with Gasteiger partial charge >= 0.3 is 0 Å². The van der Waals surface area contributed by atoms with Gasteiger partial charge in [-0.1, -0.05) is 0 Å². The average molecular weight is 214 g/mol. The van der Waals surface area contributed by atoms with Crippen LogP contribution in [0.2, 0.25) is 0 Å². The molecule has 0 unspecified atom stereocenters. The minimum atomic E-state index is 0.923. The summed E-state index contributed by atoms with van der Waals surface area (Å²) in [4.78, 5) is 9.64. The number of H-pyrrole nitrogens is 1. The van der Waals surface area contributed by atoms with Crippen LogP contribution in [0.1, 0.15) is 5.56 Å². The maximum absolute atomic E-state index is 4.16. The summed E-state index contributed by atoms with van der Waals surface area (Å²) in [5, 5.41) is 4.53. The predicted molar refractivity (Wildman–Crippen MR) is 64.7 cm³/mol. The van der Waals surface area contributed by atoms with Crippen LogP contribution < -0.4 is 5.32 Å². The molecule has 0 bridgehead atoms. The van der Waals surface area contributed by atoms with Crippen LogP contribution >= 0.6 is 0 Å². The van der Waals surface area contributed by atoms with Crippen molar-refractivity contribution in [2.75, 3.05) is 20.3 Å². The van der Waals surface area contributed by atoms with Gasteiger partial charge in [0.15, 0.2) is 0 Å². The van der Waals surface area contributed by atoms with Crippen LogP contribution in [0.15, 0.2) is 30.4 Å². The molecule has 0 saturated carbocycles. The Kier molecular flexibility index (Phi) is 2.15. The number of hydrogen-bond acceptors (Lipinski definition) is 3. The molecule has 1 aliphatic heterocycles. The van der Waals surface area contributed by atoms with E-state index in [1.165, 1.54) is 16.6 Å². The molecule has 0 spiro atoms. The first-order chi connectivity index (χ1) is 7.83. The third-order valence-electron chi connectivity index (χ3n) is 2.86. The van der Waals surface area contributed by atoms with E-state index in [9.17, 15) is 0 Å². The van der Waals surface area contributed by atoms with Gasteiger partial charge in [-0.2, -0.15) is 0 Å². The Morgan fingerprint density at radius 1 is 1.50 bits per heavy atom. The van der Waals surface area contributed by atoms with E-state index in [1.54, 1.807) is 6.20 Å². The molecule has 2 aromatic heterocycles. The molecule has 4 heteroatoms. The molecule has 3 heterocycles. The summed E-state index contributed by atoms with van der Waals surface area (Å²) in [7, 11) is 2.10. The van der Waals surface area contributed by atoms with Gasteiger partial charge in [0, 0.05) is 47.3 Å². The van der Waals surface area contributed by atoms with Gasteiger partial charge in [0.05, 0.1) is 6.67 Å². The normalized spacial score (nSPS) is 19.4. The van der Waals surface area contributed by atoms with Gasteiger partial charge < -0.3 is 10.3 Å². The molecule has 82 valence electrons.